The summed E-state index contributed by atoms with van der Waals surface area (Å²) in [6.45, 7) is 10.1. The van der Waals surface area contributed by atoms with Crippen molar-refractivity contribution < 1.29 is 55.2 Å². The van der Waals surface area contributed by atoms with Gasteiger partial charge in [0.25, 0.3) is 0 Å². The second-order valence-corrected chi connectivity index (χ2v) is 19.0. The van der Waals surface area contributed by atoms with Crippen molar-refractivity contribution in [2.75, 3.05) is 39.3 Å². The summed E-state index contributed by atoms with van der Waals surface area (Å²) in [6, 6.07) is -5.06. The highest BCUT2D eigenvalue weighted by Gasteiger charge is 2.51. The lowest BCUT2D eigenvalue weighted by molar-refractivity contribution is -0.121. The standard InChI is InChI=1S/C36H48N10O12S3/c1-35(2,3)55-31(49)39-9-7-27(47)41-17-25-23(29-37-11-13-59-29)15-21-19-43(25)33(51)45(21)57-61(53,54)58-46-22-16-24(30-38-12-14-60-30)26(44(20-22)34(46)52)18-42-28(48)8-10-40-32(50)56-36(4,5)6/h11-16,21-22,25-26H,7-10,17-20H2,1-6H3,(H,39,49)(H,40,50)(H,41,47)(H,42,48)/t21-,22-,25-,26-/m1/s1. The van der Waals surface area contributed by atoms with E-state index in [2.05, 4.69) is 31.2 Å². The van der Waals surface area contributed by atoms with Crippen LogP contribution < -0.4 is 21.3 Å². The predicted octanol–water partition coefficient (Wildman–Crippen LogP) is 2.21. The number of aromatic nitrogens is 2. The highest BCUT2D eigenvalue weighted by Crippen LogP contribution is 2.38. The number of hydroxylamine groups is 4. The first-order valence-corrected chi connectivity index (χ1v) is 22.3. The summed E-state index contributed by atoms with van der Waals surface area (Å²) >= 11 is 2.56. The molecule has 4 aliphatic heterocycles. The number of carbonyl (C=O) groups excluding carboxylic acids is 6. The Labute approximate surface area is 359 Å². The van der Waals surface area contributed by atoms with E-state index in [4.69, 9.17) is 18.0 Å². The van der Waals surface area contributed by atoms with E-state index in [1.54, 1.807) is 76.8 Å². The van der Waals surface area contributed by atoms with Gasteiger partial charge in [0.2, 0.25) is 11.8 Å². The molecule has 0 unspecified atom stereocenters. The Balaban J connectivity index is 1.08. The fraction of sp³-hybridized carbons (Fsp3) is 0.556. The molecule has 61 heavy (non-hydrogen) atoms. The van der Waals surface area contributed by atoms with Crippen LogP contribution in [-0.4, -0.2) is 149 Å². The molecular formula is C36H48N10O12S3. The number of carbonyl (C=O) groups is 6. The molecule has 4 N–H and O–H groups in total. The van der Waals surface area contributed by atoms with Gasteiger partial charge in [0.1, 0.15) is 21.2 Å². The number of hydrogen-bond acceptors (Lipinski definition) is 16. The van der Waals surface area contributed by atoms with E-state index < -0.39 is 81.8 Å². The second kappa shape index (κ2) is 18.3. The van der Waals surface area contributed by atoms with Crippen molar-refractivity contribution in [2.45, 2.75) is 89.8 Å². The third-order valence-electron chi connectivity index (χ3n) is 9.18. The Morgan fingerprint density at radius 2 is 1.08 bits per heavy atom. The quantitative estimate of drug-likeness (QED) is 0.188. The molecule has 332 valence electrons. The van der Waals surface area contributed by atoms with Gasteiger partial charge in [-0.05, 0) is 53.7 Å². The maximum Gasteiger partial charge on any atom is 0.442 e. The number of nitrogens with one attached hydrogen (secondary N) is 4. The van der Waals surface area contributed by atoms with Gasteiger partial charge in [0, 0.05) is 86.4 Å². The van der Waals surface area contributed by atoms with Crippen LogP contribution >= 0.6 is 22.7 Å². The average molecular weight is 909 g/mol. The van der Waals surface area contributed by atoms with Gasteiger partial charge in [-0.3, -0.25) is 9.59 Å². The van der Waals surface area contributed by atoms with Crippen LogP contribution in [0.25, 0.3) is 11.1 Å². The molecule has 0 spiro atoms. The third kappa shape index (κ3) is 11.5. The molecule has 25 heteroatoms. The number of ether oxygens (including phenoxy) is 2. The van der Waals surface area contributed by atoms with Crippen LogP contribution in [0.4, 0.5) is 19.2 Å². The fourth-order valence-corrected chi connectivity index (χ4v) is 8.94. The maximum absolute atomic E-state index is 13.8. The van der Waals surface area contributed by atoms with Gasteiger partial charge in [0.15, 0.2) is 0 Å². The van der Waals surface area contributed by atoms with Crippen molar-refractivity contribution in [3.63, 3.8) is 0 Å². The molecule has 22 nitrogen and oxygen atoms in total. The molecule has 0 saturated carbocycles. The largest absolute Gasteiger partial charge is 0.444 e. The summed E-state index contributed by atoms with van der Waals surface area (Å²) in [7, 11) is -5.14. The Kier molecular flexibility index (Phi) is 13.6. The number of rotatable bonds is 16. The molecule has 0 radical (unpaired) electrons. The molecule has 6 heterocycles. The van der Waals surface area contributed by atoms with Gasteiger partial charge >= 0.3 is 34.6 Å². The molecule has 2 aromatic heterocycles. The predicted molar refractivity (Wildman–Crippen MR) is 218 cm³/mol. The molecule has 4 aliphatic rings. The highest BCUT2D eigenvalue weighted by atomic mass is 32.3. The van der Waals surface area contributed by atoms with Crippen LogP contribution in [0.2, 0.25) is 0 Å². The monoisotopic (exact) mass is 908 g/mol. The summed E-state index contributed by atoms with van der Waals surface area (Å²) in [6.07, 6.45) is 4.89. The molecule has 8 amide bonds. The minimum atomic E-state index is -5.14. The van der Waals surface area contributed by atoms with Gasteiger partial charge in [-0.15, -0.1) is 31.2 Å². The molecule has 2 aromatic rings. The summed E-state index contributed by atoms with van der Waals surface area (Å²) in [5.41, 5.74) is -0.325. The van der Waals surface area contributed by atoms with Crippen molar-refractivity contribution >= 4 is 80.3 Å². The van der Waals surface area contributed by atoms with Crippen molar-refractivity contribution in [3.05, 3.63) is 45.3 Å². The van der Waals surface area contributed by atoms with E-state index in [9.17, 15) is 37.2 Å². The minimum Gasteiger partial charge on any atom is -0.444 e. The smallest absolute Gasteiger partial charge is 0.442 e. The zero-order chi connectivity index (χ0) is 44.3. The van der Waals surface area contributed by atoms with E-state index in [1.807, 2.05) is 0 Å². The van der Waals surface area contributed by atoms with Crippen LogP contribution in [0.3, 0.4) is 0 Å². The van der Waals surface area contributed by atoms with Gasteiger partial charge < -0.3 is 40.5 Å². The number of nitrogens with zero attached hydrogens (tertiary/aromatic N) is 6. The third-order valence-corrected chi connectivity index (χ3v) is 11.5. The van der Waals surface area contributed by atoms with Crippen LogP contribution in [0, 0.1) is 0 Å². The first kappa shape index (κ1) is 45.2. The highest BCUT2D eigenvalue weighted by molar-refractivity contribution is 7.81. The molecule has 0 aliphatic carbocycles. The average Bonchev–Trinajstić information content (AvgIpc) is 3.97. The Hall–Kier alpha value is -5.37. The van der Waals surface area contributed by atoms with E-state index in [0.717, 1.165) is 0 Å². The number of hydrogen-bond donors (Lipinski definition) is 4. The van der Waals surface area contributed by atoms with E-state index >= 15 is 0 Å². The number of amides is 8. The van der Waals surface area contributed by atoms with E-state index in [1.165, 1.54) is 32.5 Å². The first-order chi connectivity index (χ1) is 28.7. The van der Waals surface area contributed by atoms with Crippen molar-refractivity contribution in [3.8, 4) is 0 Å². The normalized spacial score (nSPS) is 21.2. The molecule has 6 rings (SSSR count). The Morgan fingerprint density at radius 3 is 1.43 bits per heavy atom. The Bertz CT molecular complexity index is 2010. The molecule has 4 bridgehead atoms. The number of fused-ring (bicyclic) bond motifs is 4. The Morgan fingerprint density at radius 1 is 0.689 bits per heavy atom. The SMILES string of the molecule is CC(C)(C)OC(=O)NCCC(=O)NC[C@@H]1C(c2nccs2)=C[C@@H]2CN1C(=O)N2OS(=O)(=O)ON1C(=O)N2C[C@H]1C=C(c1nccs1)[C@H]2CNC(=O)CCNC(=O)OC(C)(C)C. The minimum absolute atomic E-state index is 0.00118. The number of alkyl carbamates (subject to hydrolysis) is 2. The van der Waals surface area contributed by atoms with Gasteiger partial charge in [-0.1, -0.05) is 0 Å². The van der Waals surface area contributed by atoms with Crippen molar-refractivity contribution in [1.29, 1.82) is 0 Å². The summed E-state index contributed by atoms with van der Waals surface area (Å²) in [5, 5.41) is 16.4. The van der Waals surface area contributed by atoms with Gasteiger partial charge in [-0.2, -0.15) is 18.5 Å². The fourth-order valence-electron chi connectivity index (χ4n) is 6.75. The van der Waals surface area contributed by atoms with Crippen LogP contribution in [0.1, 0.15) is 64.4 Å². The lowest BCUT2D eigenvalue weighted by Gasteiger charge is -2.31. The van der Waals surface area contributed by atoms with Crippen molar-refractivity contribution in [1.82, 2.24) is 51.2 Å². The summed E-state index contributed by atoms with van der Waals surface area (Å²) in [5.74, 6) is -0.846. The zero-order valence-electron chi connectivity index (χ0n) is 34.2. The first-order valence-electron chi connectivity index (χ1n) is 19.2. The topological polar surface area (TPSA) is 260 Å². The number of thiazole rings is 2. The molecule has 4 atom stereocenters. The van der Waals surface area contributed by atoms with Crippen LogP contribution in [0.15, 0.2) is 35.3 Å². The molecular weight excluding hydrogens is 861 g/mol. The van der Waals surface area contributed by atoms with E-state index in [-0.39, 0.29) is 52.1 Å². The van der Waals surface area contributed by atoms with E-state index in [0.29, 0.717) is 31.3 Å². The molecule has 2 fully saturated rings. The molecule has 2 saturated heterocycles. The van der Waals surface area contributed by atoms with Gasteiger partial charge in [0.05, 0.1) is 24.2 Å². The van der Waals surface area contributed by atoms with Gasteiger partial charge in [-0.25, -0.2) is 29.1 Å². The summed E-state index contributed by atoms with van der Waals surface area (Å²) in [4.78, 5) is 88.5. The molecule has 0 aromatic carbocycles. The number of urea groups is 2. The summed E-state index contributed by atoms with van der Waals surface area (Å²) < 4.78 is 48.0. The maximum atomic E-state index is 13.8. The van der Waals surface area contributed by atoms with Crippen molar-refractivity contribution in [2.24, 2.45) is 0 Å². The lowest BCUT2D eigenvalue weighted by Crippen LogP contribution is -2.47. The zero-order valence-corrected chi connectivity index (χ0v) is 36.7. The van der Waals surface area contributed by atoms with Crippen LogP contribution in [0.5, 0.6) is 0 Å². The second-order valence-electron chi connectivity index (χ2n) is 16.1. The van der Waals surface area contributed by atoms with Crippen LogP contribution in [-0.2, 0) is 38.0 Å². The lowest BCUT2D eigenvalue weighted by atomic mass is 9.99.